The van der Waals surface area contributed by atoms with E-state index in [1.807, 2.05) is 0 Å². The fourth-order valence-electron chi connectivity index (χ4n) is 3.30. The summed E-state index contributed by atoms with van der Waals surface area (Å²) in [5.74, 6) is 0. The molecule has 24 nitrogen and oxygen atoms in total. The van der Waals surface area contributed by atoms with Crippen LogP contribution >= 0.6 is 0 Å². The Bertz CT molecular complexity index is 1830. The van der Waals surface area contributed by atoms with Gasteiger partial charge in [0.05, 0.1) is 0 Å². The third kappa shape index (κ3) is 16.8. The Morgan fingerprint density at radius 1 is 0.407 bits per heavy atom. The first-order valence-corrected chi connectivity index (χ1v) is 66.3. The summed E-state index contributed by atoms with van der Waals surface area (Å²) in [7, 11) is -78.9. The molecule has 0 rings (SSSR count). The van der Waals surface area contributed by atoms with Crippen LogP contribution in [0.4, 0.5) is 0 Å². The Morgan fingerprint density at radius 2 is 0.630 bits per heavy atom. The minimum absolute atomic E-state index is 1.13. The van der Waals surface area contributed by atoms with Gasteiger partial charge < -0.3 is 97.4 Å². The standard InChI is InChI=1S/C8H26O22Si21.O2Si/c1-26-51(27-2,28-3)29-31-32(9)33(10)34(11)35(12)36(13)37(14)38(15)39(16)40(17)41(18)42(19)43(20)44(21)45(22)46(23)47(24)48(25)50(7,8)30-49(4,5)6;1-3-2/h31H2,1-8H3;. The van der Waals surface area contributed by atoms with Gasteiger partial charge in [-0.15, -0.1) is 0 Å². The zero-order chi connectivity index (χ0) is 43.3. The highest BCUT2D eigenvalue weighted by Gasteiger charge is 2.56. The van der Waals surface area contributed by atoms with Gasteiger partial charge in [0.25, 0.3) is 0 Å². The molecule has 0 aliphatic rings. The van der Waals surface area contributed by atoms with E-state index in [0.29, 0.717) is 0 Å². The molecule has 0 fully saturated rings. The van der Waals surface area contributed by atoms with E-state index < -0.39 is 175 Å². The fourth-order valence-corrected chi connectivity index (χ4v) is 228. The van der Waals surface area contributed by atoms with Crippen molar-refractivity contribution in [3.63, 3.8) is 0 Å². The van der Waals surface area contributed by atoms with E-state index in [2.05, 4.69) is 0 Å². The van der Waals surface area contributed by atoms with Crippen LogP contribution in [0.3, 0.4) is 0 Å². The summed E-state index contributed by atoms with van der Waals surface area (Å²) in [4.78, 5) is 0. The molecule has 0 N–H and O–H groups in total. The summed E-state index contributed by atoms with van der Waals surface area (Å²) in [5.41, 5.74) is 0. The van der Waals surface area contributed by atoms with Crippen molar-refractivity contribution in [1.29, 1.82) is 0 Å². The van der Waals surface area contributed by atoms with E-state index in [-0.39, 0.29) is 0 Å². The minimum Gasteiger partial charge on any atom is -0.453 e. The topological polar surface area (TPSA) is 370 Å². The van der Waals surface area contributed by atoms with Crippen molar-refractivity contribution < 1.29 is 106 Å². The predicted molar refractivity (Wildman–Crippen MR) is 195 cm³/mol. The molecule has 0 unspecified atom stereocenters. The Labute approximate surface area is 332 Å². The van der Waals surface area contributed by atoms with Gasteiger partial charge in [0.15, 0.2) is 8.32 Å². The van der Waals surface area contributed by atoms with Crippen molar-refractivity contribution in [3.8, 4) is 0 Å². The van der Waals surface area contributed by atoms with Crippen molar-refractivity contribution in [3.05, 3.63) is 0 Å². The molecule has 0 atom stereocenters. The summed E-state index contributed by atoms with van der Waals surface area (Å²) >= 11 is 0. The van der Waals surface area contributed by atoms with Gasteiger partial charge in [-0.1, -0.05) is 0 Å². The summed E-state index contributed by atoms with van der Waals surface area (Å²) in [6.07, 6.45) is 0. The largest absolute Gasteiger partial charge is 0.667 e. The maximum absolute atomic E-state index is 12.9. The smallest absolute Gasteiger partial charge is 0.453 e. The Hall–Kier alpha value is 0.771. The third-order valence-corrected chi connectivity index (χ3v) is 158. The molecule has 0 saturated carbocycles. The first-order chi connectivity index (χ1) is 24.5. The van der Waals surface area contributed by atoms with Crippen molar-refractivity contribution in [2.24, 2.45) is 0 Å². The van der Waals surface area contributed by atoms with Crippen LogP contribution in [0, 0.1) is 0 Å². The maximum Gasteiger partial charge on any atom is 0.667 e. The molecule has 46 heteroatoms. The summed E-state index contributed by atoms with van der Waals surface area (Å²) in [5, 5.41) is 0. The van der Waals surface area contributed by atoms with Crippen LogP contribution in [0.5, 0.6) is 0 Å². The van der Waals surface area contributed by atoms with Gasteiger partial charge in [-0.2, -0.15) is 0 Å². The lowest BCUT2D eigenvalue weighted by Crippen LogP contribution is -2.59. The normalized spacial score (nSPS) is 11.1. The SMILES string of the molecule is CO[Si](OC)(OC)O[SiH2][Si](=O)[Si](=O)[Si](=O)[Si](=O)[Si](=O)[Si](=O)[Si](=O)[Si](=O)[Si](=O)[Si](=O)[Si](=O)[Si](=O)[Si](=O)[Si](=O)[Si](=O)[Si](=O)[Si](=O)[Si](C)(C)O[Si](C)(C)C.O=[Si]=O. The third-order valence-electron chi connectivity index (χ3n) is 5.58. The lowest BCUT2D eigenvalue weighted by Gasteiger charge is -2.28. The van der Waals surface area contributed by atoms with Crippen molar-refractivity contribution in [2.45, 2.75) is 32.7 Å². The molecule has 0 radical (unpaired) electrons. The molecular weight excluding hydrogens is 1100 g/mol. The molecule has 0 aliphatic carbocycles. The average molecular weight is 1120 g/mol. The van der Waals surface area contributed by atoms with Gasteiger partial charge in [-0.3, -0.25) is 8.92 Å². The lowest BCUT2D eigenvalue weighted by atomic mass is 11.8. The second kappa shape index (κ2) is 25.4. The van der Waals surface area contributed by atoms with Crippen LogP contribution in [0.1, 0.15) is 0 Å². The number of rotatable bonds is 25. The zero-order valence-electron chi connectivity index (χ0n) is 29.0. The first kappa shape index (κ1) is 56.9. The molecule has 0 heterocycles. The van der Waals surface area contributed by atoms with Gasteiger partial charge in [0.1, 0.15) is 0 Å². The van der Waals surface area contributed by atoms with Crippen molar-refractivity contribution >= 4 is 175 Å². The second-order valence-corrected chi connectivity index (χ2v) is 112. The second-order valence-electron chi connectivity index (χ2n) is 10.9. The minimum atomic E-state index is -4.37. The summed E-state index contributed by atoms with van der Waals surface area (Å²) < 4.78 is 257. The van der Waals surface area contributed by atoms with Crippen LogP contribution in [-0.4, -0.2) is 196 Å². The quantitative estimate of drug-likeness (QED) is 0.0766. The van der Waals surface area contributed by atoms with E-state index in [0.717, 1.165) is 21.3 Å². The van der Waals surface area contributed by atoms with E-state index >= 15 is 0 Å². The van der Waals surface area contributed by atoms with Crippen LogP contribution in [0.25, 0.3) is 0 Å². The van der Waals surface area contributed by atoms with E-state index in [4.69, 9.17) is 30.4 Å². The zero-order valence-corrected chi connectivity index (χ0v) is 51.4. The van der Waals surface area contributed by atoms with Gasteiger partial charge >= 0.3 is 150 Å². The number of hydrogen-bond donors (Lipinski definition) is 0. The van der Waals surface area contributed by atoms with Gasteiger partial charge in [0, 0.05) is 21.3 Å². The molecule has 0 bridgehead atoms. The Balaban J connectivity index is 0. The lowest BCUT2D eigenvalue weighted by molar-refractivity contribution is 0.0534. The van der Waals surface area contributed by atoms with Gasteiger partial charge in [-0.05, 0) is 32.7 Å². The molecule has 0 amide bonds. The molecule has 0 aromatic carbocycles. The highest BCUT2D eigenvalue weighted by Crippen LogP contribution is 2.14. The van der Waals surface area contributed by atoms with Crippen LogP contribution in [0.2, 0.25) is 32.7 Å². The predicted octanol–water partition coefficient (Wildman–Crippen LogP) is -8.10. The molecule has 54 heavy (non-hydrogen) atoms. The highest BCUT2D eigenvalue weighted by atomic mass is 30.1. The molecule has 0 aliphatic heterocycles. The van der Waals surface area contributed by atoms with E-state index in [1.54, 1.807) is 19.6 Å². The van der Waals surface area contributed by atoms with E-state index in [1.165, 1.54) is 13.1 Å². The van der Waals surface area contributed by atoms with Crippen LogP contribution in [-0.2, 0) is 106 Å². The molecule has 0 spiro atoms. The summed E-state index contributed by atoms with van der Waals surface area (Å²) in [6.45, 7) is 8.07. The number of hydrogen-bond acceptors (Lipinski definition) is 24. The van der Waals surface area contributed by atoms with Crippen molar-refractivity contribution in [2.75, 3.05) is 21.3 Å². The molecular formula is C8H26O24Si22. The van der Waals surface area contributed by atoms with Crippen LogP contribution in [0.15, 0.2) is 0 Å². The van der Waals surface area contributed by atoms with Crippen LogP contribution < -0.4 is 0 Å². The fraction of sp³-hybridized carbons (Fsp3) is 1.00. The van der Waals surface area contributed by atoms with E-state index in [9.17, 15) is 75.9 Å². The molecule has 290 valence electrons. The molecule has 0 saturated heterocycles. The molecule has 0 aromatic heterocycles. The first-order valence-electron chi connectivity index (χ1n) is 13.7. The molecule has 0 aromatic rings. The maximum atomic E-state index is 12.9. The Morgan fingerprint density at radius 3 is 0.852 bits per heavy atom. The highest BCUT2D eigenvalue weighted by molar-refractivity contribution is 7.82. The van der Waals surface area contributed by atoms with Crippen molar-refractivity contribution in [1.82, 2.24) is 0 Å². The monoisotopic (exact) mass is 1120 g/mol. The Kier molecular flexibility index (Phi) is 26.8. The summed E-state index contributed by atoms with van der Waals surface area (Å²) in [6, 6.07) is 0. The van der Waals surface area contributed by atoms with Gasteiger partial charge in [-0.25, -0.2) is 0 Å². The average Bonchev–Trinajstić information content (AvgIpc) is 3.12. The van der Waals surface area contributed by atoms with Gasteiger partial charge in [0.2, 0.25) is 17.1 Å².